The van der Waals surface area contributed by atoms with Gasteiger partial charge in [-0.2, -0.15) is 9.67 Å². The fourth-order valence-electron chi connectivity index (χ4n) is 3.08. The van der Waals surface area contributed by atoms with Crippen molar-refractivity contribution in [3.8, 4) is 11.4 Å². The van der Waals surface area contributed by atoms with Gasteiger partial charge in [0.2, 0.25) is 5.95 Å². The number of rotatable bonds is 6. The molecule has 0 atom stereocenters. The van der Waals surface area contributed by atoms with Gasteiger partial charge in [0.1, 0.15) is 5.69 Å². The van der Waals surface area contributed by atoms with Gasteiger partial charge in [-0.05, 0) is 36.8 Å². The van der Waals surface area contributed by atoms with Crippen LogP contribution in [0.4, 0.5) is 11.6 Å². The standard InChI is InChI=1S/C24H24N6O/c1-17-7-11-19(12-8-17)22-27-24(26-16-18-9-13-20(14-10-18)29(2)3)30(28-22)23(31)21-6-4-5-15-25-21/h4-15H,16H2,1-3H3,(H,26,27,28). The summed E-state index contributed by atoms with van der Waals surface area (Å²) in [6.07, 6.45) is 1.59. The number of carbonyl (C=O) groups excluding carboxylic acids is 1. The molecule has 0 saturated carbocycles. The predicted octanol–water partition coefficient (Wildman–Crippen LogP) is 4.02. The van der Waals surface area contributed by atoms with Crippen LogP contribution >= 0.6 is 0 Å². The summed E-state index contributed by atoms with van der Waals surface area (Å²) >= 11 is 0. The van der Waals surface area contributed by atoms with Gasteiger partial charge in [0.25, 0.3) is 5.91 Å². The Kier molecular flexibility index (Phi) is 5.75. The number of hydrogen-bond donors (Lipinski definition) is 1. The van der Waals surface area contributed by atoms with E-state index in [-0.39, 0.29) is 5.91 Å². The van der Waals surface area contributed by atoms with Crippen molar-refractivity contribution in [1.82, 2.24) is 19.7 Å². The van der Waals surface area contributed by atoms with E-state index in [9.17, 15) is 4.79 Å². The summed E-state index contributed by atoms with van der Waals surface area (Å²) in [6, 6.07) is 21.3. The molecule has 0 saturated heterocycles. The van der Waals surface area contributed by atoms with E-state index >= 15 is 0 Å². The van der Waals surface area contributed by atoms with Gasteiger partial charge in [0.15, 0.2) is 5.82 Å². The van der Waals surface area contributed by atoms with Gasteiger partial charge in [-0.25, -0.2) is 0 Å². The number of aromatic nitrogens is 4. The first-order chi connectivity index (χ1) is 15.0. The highest BCUT2D eigenvalue weighted by Gasteiger charge is 2.19. The molecule has 2 heterocycles. The Hall–Kier alpha value is -4.00. The van der Waals surface area contributed by atoms with Crippen LogP contribution in [0.5, 0.6) is 0 Å². The van der Waals surface area contributed by atoms with Crippen LogP contribution in [0.1, 0.15) is 21.6 Å². The molecule has 4 aromatic rings. The third-order valence-electron chi connectivity index (χ3n) is 4.90. The summed E-state index contributed by atoms with van der Waals surface area (Å²) in [7, 11) is 4.01. The van der Waals surface area contributed by atoms with Crippen molar-refractivity contribution < 1.29 is 4.79 Å². The zero-order valence-electron chi connectivity index (χ0n) is 17.8. The lowest BCUT2D eigenvalue weighted by Crippen LogP contribution is -2.18. The first kappa shape index (κ1) is 20.3. The largest absolute Gasteiger partial charge is 0.378 e. The molecular weight excluding hydrogens is 388 g/mol. The zero-order chi connectivity index (χ0) is 21.8. The van der Waals surface area contributed by atoms with Gasteiger partial charge in [-0.15, -0.1) is 5.10 Å². The Balaban J connectivity index is 1.64. The number of hydrogen-bond acceptors (Lipinski definition) is 6. The van der Waals surface area contributed by atoms with E-state index in [4.69, 9.17) is 0 Å². The van der Waals surface area contributed by atoms with Gasteiger partial charge >= 0.3 is 0 Å². The molecule has 7 heteroatoms. The minimum Gasteiger partial charge on any atom is -0.378 e. The molecule has 7 nitrogen and oxygen atoms in total. The van der Waals surface area contributed by atoms with E-state index in [2.05, 4.69) is 32.5 Å². The van der Waals surface area contributed by atoms with Crippen LogP contribution in [0.15, 0.2) is 72.9 Å². The van der Waals surface area contributed by atoms with E-state index in [1.807, 2.05) is 62.3 Å². The van der Waals surface area contributed by atoms with Crippen molar-refractivity contribution in [2.45, 2.75) is 13.5 Å². The van der Waals surface area contributed by atoms with Crippen LogP contribution < -0.4 is 10.2 Å². The summed E-state index contributed by atoms with van der Waals surface area (Å²) in [5, 5.41) is 7.74. The predicted molar refractivity (Wildman–Crippen MR) is 122 cm³/mol. The highest BCUT2D eigenvalue weighted by molar-refractivity contribution is 5.95. The van der Waals surface area contributed by atoms with E-state index in [0.29, 0.717) is 24.0 Å². The summed E-state index contributed by atoms with van der Waals surface area (Å²) < 4.78 is 1.28. The van der Waals surface area contributed by atoms with Gasteiger partial charge in [-0.3, -0.25) is 9.78 Å². The van der Waals surface area contributed by atoms with Crippen LogP contribution in [0.25, 0.3) is 11.4 Å². The Morgan fingerprint density at radius 3 is 2.39 bits per heavy atom. The second-order valence-electron chi connectivity index (χ2n) is 7.47. The quantitative estimate of drug-likeness (QED) is 0.516. The first-order valence-corrected chi connectivity index (χ1v) is 10.0. The van der Waals surface area contributed by atoms with E-state index < -0.39 is 0 Å². The van der Waals surface area contributed by atoms with E-state index in [1.54, 1.807) is 24.4 Å². The lowest BCUT2D eigenvalue weighted by molar-refractivity contribution is 0.0942. The van der Waals surface area contributed by atoms with Crippen LogP contribution in [0.2, 0.25) is 0 Å². The SMILES string of the molecule is Cc1ccc(-c2nc(NCc3ccc(N(C)C)cc3)n(C(=O)c3ccccn3)n2)cc1. The summed E-state index contributed by atoms with van der Waals surface area (Å²) in [5.74, 6) is 0.523. The third kappa shape index (κ3) is 4.61. The van der Waals surface area contributed by atoms with Crippen molar-refractivity contribution in [3.63, 3.8) is 0 Å². The highest BCUT2D eigenvalue weighted by Crippen LogP contribution is 2.20. The van der Waals surface area contributed by atoms with Gasteiger partial charge in [0, 0.05) is 38.1 Å². The summed E-state index contributed by atoms with van der Waals surface area (Å²) in [6.45, 7) is 2.53. The number of nitrogens with one attached hydrogen (secondary N) is 1. The Bertz CT molecular complexity index is 1170. The van der Waals surface area contributed by atoms with Crippen molar-refractivity contribution in [1.29, 1.82) is 0 Å². The maximum atomic E-state index is 13.0. The summed E-state index contributed by atoms with van der Waals surface area (Å²) in [5.41, 5.74) is 4.49. The van der Waals surface area contributed by atoms with Crippen LogP contribution in [-0.4, -0.2) is 39.8 Å². The monoisotopic (exact) mass is 412 g/mol. The molecule has 0 radical (unpaired) electrons. The average molecular weight is 412 g/mol. The summed E-state index contributed by atoms with van der Waals surface area (Å²) in [4.78, 5) is 23.9. The molecule has 2 aromatic carbocycles. The Morgan fingerprint density at radius 2 is 1.74 bits per heavy atom. The van der Waals surface area contributed by atoms with Crippen molar-refractivity contribution in [2.24, 2.45) is 0 Å². The zero-order valence-corrected chi connectivity index (χ0v) is 17.8. The first-order valence-electron chi connectivity index (χ1n) is 10.0. The number of benzene rings is 2. The molecule has 0 aliphatic heterocycles. The fraction of sp³-hybridized carbons (Fsp3) is 0.167. The van der Waals surface area contributed by atoms with Crippen molar-refractivity contribution >= 4 is 17.5 Å². The number of pyridine rings is 1. The maximum absolute atomic E-state index is 13.0. The number of aryl methyl sites for hydroxylation is 1. The maximum Gasteiger partial charge on any atom is 0.299 e. The number of nitrogens with zero attached hydrogens (tertiary/aromatic N) is 5. The van der Waals surface area contributed by atoms with Crippen molar-refractivity contribution in [3.05, 3.63) is 89.7 Å². The molecule has 31 heavy (non-hydrogen) atoms. The van der Waals surface area contributed by atoms with Crippen molar-refractivity contribution in [2.75, 3.05) is 24.3 Å². The van der Waals surface area contributed by atoms with E-state index in [1.165, 1.54) is 4.68 Å². The van der Waals surface area contributed by atoms with E-state index in [0.717, 1.165) is 22.4 Å². The molecule has 156 valence electrons. The smallest absolute Gasteiger partial charge is 0.299 e. The fourth-order valence-corrected chi connectivity index (χ4v) is 3.08. The lowest BCUT2D eigenvalue weighted by Gasteiger charge is -2.13. The normalized spacial score (nSPS) is 10.7. The molecule has 0 amide bonds. The lowest BCUT2D eigenvalue weighted by atomic mass is 10.1. The molecule has 0 bridgehead atoms. The Morgan fingerprint density at radius 1 is 1.00 bits per heavy atom. The molecule has 0 fully saturated rings. The van der Waals surface area contributed by atoms with Crippen LogP contribution in [-0.2, 0) is 6.54 Å². The second kappa shape index (κ2) is 8.79. The molecular formula is C24H24N6O. The average Bonchev–Trinajstić information content (AvgIpc) is 3.22. The second-order valence-corrected chi connectivity index (χ2v) is 7.47. The number of carbonyl (C=O) groups is 1. The molecule has 0 spiro atoms. The van der Waals surface area contributed by atoms with Crippen LogP contribution in [0, 0.1) is 6.92 Å². The molecule has 0 unspecified atom stereocenters. The molecule has 4 rings (SSSR count). The number of anilines is 2. The Labute approximate surface area is 181 Å². The topological polar surface area (TPSA) is 75.9 Å². The third-order valence-corrected chi connectivity index (χ3v) is 4.90. The van der Waals surface area contributed by atoms with Gasteiger partial charge < -0.3 is 10.2 Å². The van der Waals surface area contributed by atoms with Gasteiger partial charge in [0.05, 0.1) is 0 Å². The molecule has 2 aromatic heterocycles. The minimum absolute atomic E-state index is 0.307. The minimum atomic E-state index is -0.336. The molecule has 0 aliphatic carbocycles. The molecule has 1 N–H and O–H groups in total. The highest BCUT2D eigenvalue weighted by atomic mass is 16.2. The molecule has 0 aliphatic rings. The van der Waals surface area contributed by atoms with Crippen LogP contribution in [0.3, 0.4) is 0 Å². The van der Waals surface area contributed by atoms with Gasteiger partial charge in [-0.1, -0.05) is 48.0 Å².